The van der Waals surface area contributed by atoms with E-state index < -0.39 is 11.7 Å². The lowest BCUT2D eigenvalue weighted by molar-refractivity contribution is -0.137. The molecule has 0 amide bonds. The van der Waals surface area contributed by atoms with Crippen LogP contribution in [0.2, 0.25) is 0 Å². The summed E-state index contributed by atoms with van der Waals surface area (Å²) in [5.41, 5.74) is 0.318. The van der Waals surface area contributed by atoms with E-state index in [4.69, 9.17) is 4.74 Å². The van der Waals surface area contributed by atoms with Gasteiger partial charge in [0.2, 0.25) is 0 Å². The Morgan fingerprint density at radius 3 is 2.28 bits per heavy atom. The minimum atomic E-state index is -4.36. The number of guanidine groups is 1. The Morgan fingerprint density at radius 2 is 1.72 bits per heavy atom. The summed E-state index contributed by atoms with van der Waals surface area (Å²) >= 11 is 0. The van der Waals surface area contributed by atoms with Crippen LogP contribution in [0.4, 0.5) is 13.2 Å². The second kappa shape index (κ2) is 12.5. The van der Waals surface area contributed by atoms with Crippen molar-refractivity contribution in [2.75, 3.05) is 33.4 Å². The number of nitrogens with one attached hydrogen (secondary N) is 2. The zero-order chi connectivity index (χ0) is 20.4. The average molecular weight is 523 g/mol. The number of nitrogens with zero attached hydrogens (tertiary/aromatic N) is 1. The summed E-state index contributed by atoms with van der Waals surface area (Å²) in [4.78, 5) is 4.10. The third-order valence-corrected chi connectivity index (χ3v) is 4.08. The van der Waals surface area contributed by atoms with Gasteiger partial charge in [0.15, 0.2) is 5.96 Å². The molecule has 2 aromatic carbocycles. The number of halogens is 4. The molecule has 0 fully saturated rings. The number of benzene rings is 2. The standard InChI is InChI=1S/C20H24F3N3O2.HI/c1-24-19(26-13-16(14-27)15-5-3-2-4-6-15)25-11-12-28-18-9-7-17(8-10-18)20(21,22)23;/h2-10,16,27H,11-14H2,1H3,(H2,24,25,26);1H. The van der Waals surface area contributed by atoms with Crippen molar-refractivity contribution in [2.24, 2.45) is 4.99 Å². The van der Waals surface area contributed by atoms with Gasteiger partial charge >= 0.3 is 6.18 Å². The minimum Gasteiger partial charge on any atom is -0.492 e. The summed E-state index contributed by atoms with van der Waals surface area (Å²) in [6.07, 6.45) is -4.36. The summed E-state index contributed by atoms with van der Waals surface area (Å²) in [7, 11) is 1.63. The Bertz CT molecular complexity index is 741. The molecule has 29 heavy (non-hydrogen) atoms. The number of aliphatic imine (C=N–C) groups is 1. The highest BCUT2D eigenvalue weighted by atomic mass is 127. The van der Waals surface area contributed by atoms with Crippen molar-refractivity contribution in [3.63, 3.8) is 0 Å². The van der Waals surface area contributed by atoms with Crippen LogP contribution in [0.25, 0.3) is 0 Å². The van der Waals surface area contributed by atoms with E-state index in [0.29, 0.717) is 24.8 Å². The molecule has 0 radical (unpaired) electrons. The maximum Gasteiger partial charge on any atom is 0.416 e. The van der Waals surface area contributed by atoms with Crippen molar-refractivity contribution in [3.05, 3.63) is 65.7 Å². The first kappa shape index (κ1) is 25.0. The molecule has 0 aliphatic rings. The van der Waals surface area contributed by atoms with Crippen LogP contribution in [0.3, 0.4) is 0 Å². The minimum absolute atomic E-state index is 0. The number of rotatable bonds is 8. The third kappa shape index (κ3) is 8.48. The molecule has 160 valence electrons. The molecule has 0 heterocycles. The van der Waals surface area contributed by atoms with Gasteiger partial charge in [-0.25, -0.2) is 0 Å². The zero-order valence-corrected chi connectivity index (χ0v) is 18.3. The molecule has 0 bridgehead atoms. The molecule has 9 heteroatoms. The van der Waals surface area contributed by atoms with E-state index in [9.17, 15) is 18.3 Å². The van der Waals surface area contributed by atoms with Gasteiger partial charge in [-0.2, -0.15) is 13.2 Å². The Balaban J connectivity index is 0.00000420. The van der Waals surface area contributed by atoms with Crippen molar-refractivity contribution in [3.8, 4) is 5.75 Å². The van der Waals surface area contributed by atoms with Gasteiger partial charge in [0.05, 0.1) is 18.7 Å². The number of hydrogen-bond acceptors (Lipinski definition) is 3. The smallest absolute Gasteiger partial charge is 0.416 e. The summed E-state index contributed by atoms with van der Waals surface area (Å²) < 4.78 is 43.0. The van der Waals surface area contributed by atoms with Gasteiger partial charge in [-0.1, -0.05) is 30.3 Å². The number of aliphatic hydroxyl groups excluding tert-OH is 1. The topological polar surface area (TPSA) is 65.9 Å². The number of hydrogen-bond donors (Lipinski definition) is 3. The van der Waals surface area contributed by atoms with Gasteiger partial charge in [-0.05, 0) is 29.8 Å². The van der Waals surface area contributed by atoms with Gasteiger partial charge < -0.3 is 20.5 Å². The van der Waals surface area contributed by atoms with Gasteiger partial charge in [-0.15, -0.1) is 24.0 Å². The predicted molar refractivity (Wildman–Crippen MR) is 118 cm³/mol. The fourth-order valence-electron chi connectivity index (χ4n) is 2.53. The van der Waals surface area contributed by atoms with Crippen molar-refractivity contribution >= 4 is 29.9 Å². The van der Waals surface area contributed by atoms with Crippen LogP contribution in [0.15, 0.2) is 59.6 Å². The van der Waals surface area contributed by atoms with Gasteiger partial charge in [-0.3, -0.25) is 4.99 Å². The fourth-order valence-corrected chi connectivity index (χ4v) is 2.53. The first-order valence-electron chi connectivity index (χ1n) is 8.84. The van der Waals surface area contributed by atoms with Crippen LogP contribution in [-0.4, -0.2) is 44.4 Å². The van der Waals surface area contributed by atoms with Crippen molar-refractivity contribution in [1.29, 1.82) is 0 Å². The second-order valence-electron chi connectivity index (χ2n) is 6.04. The lowest BCUT2D eigenvalue weighted by Gasteiger charge is -2.18. The predicted octanol–water partition coefficient (Wildman–Crippen LogP) is 3.64. The molecule has 0 saturated heterocycles. The average Bonchev–Trinajstić information content (AvgIpc) is 2.70. The van der Waals surface area contributed by atoms with Crippen LogP contribution in [0, 0.1) is 0 Å². The van der Waals surface area contributed by atoms with Crippen LogP contribution in [-0.2, 0) is 6.18 Å². The highest BCUT2D eigenvalue weighted by molar-refractivity contribution is 14.0. The molecular formula is C20H25F3IN3O2. The van der Waals surface area contributed by atoms with Gasteiger partial charge in [0, 0.05) is 19.5 Å². The molecular weight excluding hydrogens is 498 g/mol. The molecule has 0 saturated carbocycles. The number of aliphatic hydroxyl groups is 1. The Labute approximate surface area is 185 Å². The molecule has 0 aliphatic carbocycles. The Hall–Kier alpha value is -2.01. The van der Waals surface area contributed by atoms with E-state index in [0.717, 1.165) is 17.7 Å². The summed E-state index contributed by atoms with van der Waals surface area (Å²) in [5.74, 6) is 0.843. The first-order valence-corrected chi connectivity index (χ1v) is 8.84. The Kier molecular flexibility index (Phi) is 10.8. The molecule has 1 unspecified atom stereocenters. The van der Waals surface area contributed by atoms with E-state index in [1.165, 1.54) is 12.1 Å². The van der Waals surface area contributed by atoms with Crippen molar-refractivity contribution < 1.29 is 23.0 Å². The molecule has 2 rings (SSSR count). The van der Waals surface area contributed by atoms with E-state index in [1.54, 1.807) is 7.05 Å². The monoisotopic (exact) mass is 523 g/mol. The van der Waals surface area contributed by atoms with E-state index in [2.05, 4.69) is 15.6 Å². The maximum atomic E-state index is 12.5. The van der Waals surface area contributed by atoms with Crippen LogP contribution < -0.4 is 15.4 Å². The highest BCUT2D eigenvalue weighted by Gasteiger charge is 2.29. The van der Waals surface area contributed by atoms with Crippen molar-refractivity contribution in [2.45, 2.75) is 12.1 Å². The SMILES string of the molecule is CN=C(NCCOc1ccc(C(F)(F)F)cc1)NCC(CO)c1ccccc1.I. The van der Waals surface area contributed by atoms with E-state index >= 15 is 0 Å². The lowest BCUT2D eigenvalue weighted by atomic mass is 10.0. The van der Waals surface area contributed by atoms with Gasteiger partial charge in [0.25, 0.3) is 0 Å². The molecule has 0 spiro atoms. The van der Waals surface area contributed by atoms with Crippen LogP contribution >= 0.6 is 24.0 Å². The second-order valence-corrected chi connectivity index (χ2v) is 6.04. The number of ether oxygens (including phenoxy) is 1. The lowest BCUT2D eigenvalue weighted by Crippen LogP contribution is -2.41. The zero-order valence-electron chi connectivity index (χ0n) is 15.9. The summed E-state index contributed by atoms with van der Waals surface area (Å²) in [6.45, 7) is 1.18. The maximum absolute atomic E-state index is 12.5. The summed E-state index contributed by atoms with van der Waals surface area (Å²) in [5, 5.41) is 15.8. The normalized spacial score (nSPS) is 12.7. The molecule has 0 aromatic heterocycles. The van der Waals surface area contributed by atoms with E-state index in [-0.39, 0.29) is 43.1 Å². The van der Waals surface area contributed by atoms with Gasteiger partial charge in [0.1, 0.15) is 12.4 Å². The van der Waals surface area contributed by atoms with E-state index in [1.807, 2.05) is 30.3 Å². The molecule has 0 aliphatic heterocycles. The van der Waals surface area contributed by atoms with Crippen molar-refractivity contribution in [1.82, 2.24) is 10.6 Å². The fraction of sp³-hybridized carbons (Fsp3) is 0.350. The molecule has 2 aromatic rings. The molecule has 5 nitrogen and oxygen atoms in total. The highest BCUT2D eigenvalue weighted by Crippen LogP contribution is 2.30. The van der Waals surface area contributed by atoms with Crippen LogP contribution in [0.1, 0.15) is 17.0 Å². The summed E-state index contributed by atoms with van der Waals surface area (Å²) in [6, 6.07) is 14.2. The molecule has 3 N–H and O–H groups in total. The largest absolute Gasteiger partial charge is 0.492 e. The quantitative estimate of drug-likeness (QED) is 0.214. The Morgan fingerprint density at radius 1 is 1.07 bits per heavy atom. The first-order chi connectivity index (χ1) is 13.4. The molecule has 1 atom stereocenters. The number of alkyl halides is 3. The van der Waals surface area contributed by atoms with Crippen LogP contribution in [0.5, 0.6) is 5.75 Å². The third-order valence-electron chi connectivity index (χ3n) is 4.08.